The van der Waals surface area contributed by atoms with Gasteiger partial charge in [-0.05, 0) is 55.1 Å². The smallest absolute Gasteiger partial charge is 0.336 e. The molecule has 3 aromatic heterocycles. The van der Waals surface area contributed by atoms with Gasteiger partial charge >= 0.3 is 5.69 Å². The van der Waals surface area contributed by atoms with Gasteiger partial charge in [0.05, 0.1) is 17.8 Å². The van der Waals surface area contributed by atoms with Gasteiger partial charge in [0.2, 0.25) is 11.7 Å². The van der Waals surface area contributed by atoms with E-state index in [1.165, 1.54) is 15.9 Å². The zero-order chi connectivity index (χ0) is 22.9. The number of rotatable bonds is 6. The highest BCUT2D eigenvalue weighted by molar-refractivity contribution is 7.17. The molecule has 0 radical (unpaired) electrons. The fourth-order valence-electron chi connectivity index (χ4n) is 3.71. The van der Waals surface area contributed by atoms with Gasteiger partial charge in [0, 0.05) is 5.56 Å². The minimum atomic E-state index is -0.481. The minimum Gasteiger partial charge on any atom is -0.494 e. The van der Waals surface area contributed by atoms with E-state index < -0.39 is 5.69 Å². The molecule has 0 N–H and O–H groups in total. The Balaban J connectivity index is 1.60. The molecule has 0 amide bonds. The number of hydrogen-bond donors (Lipinski definition) is 0. The summed E-state index contributed by atoms with van der Waals surface area (Å²) in [5.74, 6) is 1.40. The molecule has 0 aliphatic heterocycles. The van der Waals surface area contributed by atoms with E-state index in [2.05, 4.69) is 10.1 Å². The van der Waals surface area contributed by atoms with Gasteiger partial charge in [-0.1, -0.05) is 29.4 Å². The maximum absolute atomic E-state index is 13.5. The molecule has 5 rings (SSSR count). The molecule has 0 fully saturated rings. The summed E-state index contributed by atoms with van der Waals surface area (Å²) in [6.45, 7) is 4.44. The average molecular weight is 461 g/mol. The molecule has 0 bridgehead atoms. The third-order valence-corrected chi connectivity index (χ3v) is 6.20. The van der Waals surface area contributed by atoms with Crippen LogP contribution in [0.2, 0.25) is 0 Å². The normalized spacial score (nSPS) is 11.2. The van der Waals surface area contributed by atoms with E-state index in [-0.39, 0.29) is 18.0 Å². The number of fused-ring (bicyclic) bond motifs is 1. The van der Waals surface area contributed by atoms with Crippen molar-refractivity contribution in [2.45, 2.75) is 20.4 Å². The van der Waals surface area contributed by atoms with Crippen molar-refractivity contribution in [1.82, 2.24) is 19.3 Å². The van der Waals surface area contributed by atoms with Gasteiger partial charge in [0.15, 0.2) is 0 Å². The first kappa shape index (κ1) is 20.9. The summed E-state index contributed by atoms with van der Waals surface area (Å²) in [4.78, 5) is 31.1. The second-order valence-corrected chi connectivity index (χ2v) is 8.31. The standard InChI is InChI=1S/C24H20N4O4S/c1-3-31-17-10-8-16(9-11-17)28-23(29)21-19(12-13-33-21)27(24(28)30)14-20-25-22(26-32-20)18-7-5-4-6-15(18)2/h4-13H,3,14H2,1-2H3. The molecule has 33 heavy (non-hydrogen) atoms. The summed E-state index contributed by atoms with van der Waals surface area (Å²) in [6.07, 6.45) is 0. The molecule has 8 nitrogen and oxygen atoms in total. The van der Waals surface area contributed by atoms with E-state index in [1.807, 2.05) is 38.1 Å². The first-order chi connectivity index (χ1) is 16.1. The predicted octanol–water partition coefficient (Wildman–Crippen LogP) is 4.02. The monoisotopic (exact) mass is 460 g/mol. The number of hydrogen-bond acceptors (Lipinski definition) is 7. The third kappa shape index (κ3) is 3.76. The minimum absolute atomic E-state index is 0.0439. The van der Waals surface area contributed by atoms with Crippen LogP contribution in [0, 0.1) is 6.92 Å². The van der Waals surface area contributed by atoms with Crippen molar-refractivity contribution in [3.63, 3.8) is 0 Å². The van der Waals surface area contributed by atoms with E-state index in [1.54, 1.807) is 35.7 Å². The maximum Gasteiger partial charge on any atom is 0.336 e. The van der Waals surface area contributed by atoms with Gasteiger partial charge < -0.3 is 9.26 Å². The zero-order valence-electron chi connectivity index (χ0n) is 18.0. The Bertz CT molecular complexity index is 1560. The van der Waals surface area contributed by atoms with Crippen molar-refractivity contribution in [2.75, 3.05) is 6.61 Å². The van der Waals surface area contributed by atoms with Crippen LogP contribution < -0.4 is 16.0 Å². The Morgan fingerprint density at radius 3 is 2.61 bits per heavy atom. The van der Waals surface area contributed by atoms with Crippen LogP contribution in [-0.2, 0) is 6.54 Å². The molecular formula is C24H20N4O4S. The summed E-state index contributed by atoms with van der Waals surface area (Å²) >= 11 is 1.29. The summed E-state index contributed by atoms with van der Waals surface area (Å²) in [5.41, 5.74) is 2.03. The van der Waals surface area contributed by atoms with Crippen LogP contribution in [0.15, 0.2) is 74.1 Å². The second kappa shape index (κ2) is 8.51. The van der Waals surface area contributed by atoms with Crippen molar-refractivity contribution >= 4 is 21.6 Å². The highest BCUT2D eigenvalue weighted by Gasteiger charge is 2.18. The van der Waals surface area contributed by atoms with Crippen LogP contribution in [0.3, 0.4) is 0 Å². The van der Waals surface area contributed by atoms with Gasteiger partial charge in [-0.2, -0.15) is 4.98 Å². The zero-order valence-corrected chi connectivity index (χ0v) is 18.8. The number of benzene rings is 2. The quantitative estimate of drug-likeness (QED) is 0.380. The molecule has 5 aromatic rings. The van der Waals surface area contributed by atoms with Gasteiger partial charge in [0.25, 0.3) is 5.56 Å². The Hall–Kier alpha value is -3.98. The number of thiophene rings is 1. The lowest BCUT2D eigenvalue weighted by atomic mass is 10.1. The van der Waals surface area contributed by atoms with E-state index in [4.69, 9.17) is 9.26 Å². The third-order valence-electron chi connectivity index (χ3n) is 5.31. The maximum atomic E-state index is 13.5. The lowest BCUT2D eigenvalue weighted by molar-refractivity contribution is 0.340. The van der Waals surface area contributed by atoms with E-state index in [9.17, 15) is 9.59 Å². The van der Waals surface area contributed by atoms with Crippen molar-refractivity contribution in [2.24, 2.45) is 0 Å². The van der Waals surface area contributed by atoms with Crippen LogP contribution >= 0.6 is 11.3 Å². The highest BCUT2D eigenvalue weighted by atomic mass is 32.1. The molecule has 0 spiro atoms. The molecule has 0 saturated carbocycles. The average Bonchev–Trinajstić information content (AvgIpc) is 3.48. The summed E-state index contributed by atoms with van der Waals surface area (Å²) in [5, 5.41) is 5.87. The molecule has 166 valence electrons. The Morgan fingerprint density at radius 1 is 1.06 bits per heavy atom. The van der Waals surface area contributed by atoms with E-state index in [0.717, 1.165) is 15.7 Å². The summed E-state index contributed by atoms with van der Waals surface area (Å²) in [7, 11) is 0. The SMILES string of the molecule is CCOc1ccc(-n2c(=O)c3sccc3n(Cc3nc(-c4ccccc4C)no3)c2=O)cc1. The molecule has 9 heteroatoms. The fraction of sp³-hybridized carbons (Fsp3) is 0.167. The molecular weight excluding hydrogens is 440 g/mol. The van der Waals surface area contributed by atoms with Gasteiger partial charge in [-0.3, -0.25) is 9.36 Å². The fourth-order valence-corrected chi connectivity index (χ4v) is 4.54. The predicted molar refractivity (Wildman–Crippen MR) is 126 cm³/mol. The molecule has 0 aliphatic carbocycles. The summed E-state index contributed by atoms with van der Waals surface area (Å²) in [6, 6.07) is 16.4. The van der Waals surface area contributed by atoms with Crippen LogP contribution in [0.5, 0.6) is 5.75 Å². The molecule has 0 saturated heterocycles. The largest absolute Gasteiger partial charge is 0.494 e. The molecule has 0 aliphatic rings. The molecule has 0 unspecified atom stereocenters. The first-order valence-electron chi connectivity index (χ1n) is 10.4. The number of aromatic nitrogens is 4. The van der Waals surface area contributed by atoms with Crippen molar-refractivity contribution in [3.05, 3.63) is 92.3 Å². The van der Waals surface area contributed by atoms with Crippen molar-refractivity contribution in [1.29, 1.82) is 0 Å². The molecule has 3 heterocycles. The van der Waals surface area contributed by atoms with E-state index in [0.29, 0.717) is 34.1 Å². The van der Waals surface area contributed by atoms with Crippen molar-refractivity contribution < 1.29 is 9.26 Å². The second-order valence-electron chi connectivity index (χ2n) is 7.40. The lowest BCUT2D eigenvalue weighted by Crippen LogP contribution is -2.38. The van der Waals surface area contributed by atoms with Gasteiger partial charge in [-0.15, -0.1) is 11.3 Å². The van der Waals surface area contributed by atoms with Gasteiger partial charge in [-0.25, -0.2) is 9.36 Å². The van der Waals surface area contributed by atoms with Gasteiger partial charge in [0.1, 0.15) is 17.0 Å². The van der Waals surface area contributed by atoms with Crippen molar-refractivity contribution in [3.8, 4) is 22.8 Å². The van der Waals surface area contributed by atoms with Crippen LogP contribution in [0.25, 0.3) is 27.3 Å². The lowest BCUT2D eigenvalue weighted by Gasteiger charge is -2.11. The molecule has 2 aromatic carbocycles. The number of nitrogens with zero attached hydrogens (tertiary/aromatic N) is 4. The van der Waals surface area contributed by atoms with Crippen LogP contribution in [-0.4, -0.2) is 25.9 Å². The Morgan fingerprint density at radius 2 is 1.85 bits per heavy atom. The Kier molecular flexibility index (Phi) is 5.39. The first-order valence-corrected chi connectivity index (χ1v) is 11.3. The number of ether oxygens (including phenoxy) is 1. The van der Waals surface area contributed by atoms with E-state index >= 15 is 0 Å². The van der Waals surface area contributed by atoms with Crippen LogP contribution in [0.1, 0.15) is 18.4 Å². The topological polar surface area (TPSA) is 92.2 Å². The highest BCUT2D eigenvalue weighted by Crippen LogP contribution is 2.22. The number of aryl methyl sites for hydroxylation is 1. The summed E-state index contributed by atoms with van der Waals surface area (Å²) < 4.78 is 14.0. The Labute approximate surface area is 192 Å². The van der Waals surface area contributed by atoms with Crippen LogP contribution in [0.4, 0.5) is 0 Å². The molecule has 0 atom stereocenters.